The van der Waals surface area contributed by atoms with Gasteiger partial charge in [0.25, 0.3) is 5.91 Å². The van der Waals surface area contributed by atoms with Crippen LogP contribution in [0.3, 0.4) is 0 Å². The van der Waals surface area contributed by atoms with E-state index in [1.807, 2.05) is 25.1 Å². The van der Waals surface area contributed by atoms with Crippen LogP contribution in [0.4, 0.5) is 0 Å². The maximum Gasteiger partial charge on any atom is 0.253 e. The van der Waals surface area contributed by atoms with E-state index in [0.717, 1.165) is 11.3 Å². The van der Waals surface area contributed by atoms with Gasteiger partial charge < -0.3 is 5.32 Å². The Kier molecular flexibility index (Phi) is 3.95. The number of pyridine rings is 1. The smallest absolute Gasteiger partial charge is 0.253 e. The molecule has 1 aromatic heterocycles. The van der Waals surface area contributed by atoms with Gasteiger partial charge in [-0.2, -0.15) is 0 Å². The van der Waals surface area contributed by atoms with Gasteiger partial charge in [0.1, 0.15) is 0 Å². The molecule has 1 amide bonds. The lowest BCUT2D eigenvalue weighted by Gasteiger charge is -2.05. The van der Waals surface area contributed by atoms with Crippen molar-refractivity contribution in [1.29, 1.82) is 0 Å². The van der Waals surface area contributed by atoms with E-state index in [-0.39, 0.29) is 5.91 Å². The molecule has 2 rings (SSSR count). The fraction of sp³-hybridized carbons (Fsp3) is 0.143. The van der Waals surface area contributed by atoms with Crippen LogP contribution in [-0.4, -0.2) is 10.9 Å². The Labute approximate surface area is 111 Å². The van der Waals surface area contributed by atoms with Crippen LogP contribution in [0.15, 0.2) is 42.6 Å². The summed E-state index contributed by atoms with van der Waals surface area (Å²) in [5, 5.41) is 3.52. The number of carbonyl (C=O) groups excluding carboxylic acids is 1. The third-order valence-electron chi connectivity index (χ3n) is 2.54. The van der Waals surface area contributed by atoms with Crippen molar-refractivity contribution in [2.45, 2.75) is 13.5 Å². The van der Waals surface area contributed by atoms with Gasteiger partial charge in [0, 0.05) is 23.5 Å². The number of carbonyl (C=O) groups is 1. The molecule has 2 aromatic rings. The molecule has 0 saturated heterocycles. The van der Waals surface area contributed by atoms with Gasteiger partial charge in [0.05, 0.1) is 5.56 Å². The minimum atomic E-state index is -0.127. The number of aryl methyl sites for hydroxylation is 1. The van der Waals surface area contributed by atoms with Crippen molar-refractivity contribution in [2.75, 3.05) is 0 Å². The highest BCUT2D eigenvalue weighted by molar-refractivity contribution is 6.30. The van der Waals surface area contributed by atoms with Crippen molar-refractivity contribution in [2.24, 2.45) is 0 Å². The van der Waals surface area contributed by atoms with Crippen molar-refractivity contribution in [1.82, 2.24) is 10.3 Å². The Morgan fingerprint density at radius 3 is 2.56 bits per heavy atom. The molecule has 1 aromatic carbocycles. The molecule has 1 N–H and O–H groups in total. The van der Waals surface area contributed by atoms with Gasteiger partial charge in [0.15, 0.2) is 0 Å². The van der Waals surface area contributed by atoms with Crippen molar-refractivity contribution in [3.8, 4) is 0 Å². The summed E-state index contributed by atoms with van der Waals surface area (Å²) in [5.41, 5.74) is 2.46. The molecule has 0 aliphatic rings. The van der Waals surface area contributed by atoms with Gasteiger partial charge in [-0.1, -0.05) is 23.7 Å². The Bertz CT molecular complexity index is 535. The van der Waals surface area contributed by atoms with E-state index in [1.165, 1.54) is 0 Å². The van der Waals surface area contributed by atoms with E-state index in [0.29, 0.717) is 17.1 Å². The average molecular weight is 261 g/mol. The van der Waals surface area contributed by atoms with Gasteiger partial charge in [0.2, 0.25) is 0 Å². The number of rotatable bonds is 3. The summed E-state index contributed by atoms with van der Waals surface area (Å²) in [6.07, 6.45) is 1.58. The maximum atomic E-state index is 11.8. The predicted molar refractivity (Wildman–Crippen MR) is 71.6 cm³/mol. The first kappa shape index (κ1) is 12.6. The number of hydrogen-bond donors (Lipinski definition) is 1. The van der Waals surface area contributed by atoms with Crippen LogP contribution >= 0.6 is 11.6 Å². The zero-order valence-corrected chi connectivity index (χ0v) is 10.7. The van der Waals surface area contributed by atoms with Crippen LogP contribution in [-0.2, 0) is 6.54 Å². The topological polar surface area (TPSA) is 42.0 Å². The fourth-order valence-corrected chi connectivity index (χ4v) is 1.61. The molecule has 0 radical (unpaired) electrons. The normalized spacial score (nSPS) is 10.1. The zero-order chi connectivity index (χ0) is 13.0. The molecule has 92 valence electrons. The van der Waals surface area contributed by atoms with Gasteiger partial charge in [-0.05, 0) is 36.8 Å². The first-order chi connectivity index (χ1) is 8.65. The van der Waals surface area contributed by atoms with Crippen LogP contribution in [0.2, 0.25) is 5.02 Å². The van der Waals surface area contributed by atoms with Gasteiger partial charge in [-0.3, -0.25) is 9.78 Å². The largest absolute Gasteiger partial charge is 0.348 e. The van der Waals surface area contributed by atoms with Crippen molar-refractivity contribution >= 4 is 17.5 Å². The fourth-order valence-electron chi connectivity index (χ4n) is 1.49. The predicted octanol–water partition coefficient (Wildman–Crippen LogP) is 2.97. The maximum absolute atomic E-state index is 11.8. The average Bonchev–Trinajstić information content (AvgIpc) is 2.38. The summed E-state index contributed by atoms with van der Waals surface area (Å²) in [4.78, 5) is 15.9. The molecule has 0 saturated carbocycles. The lowest BCUT2D eigenvalue weighted by Crippen LogP contribution is -2.22. The van der Waals surface area contributed by atoms with Crippen LogP contribution in [0.5, 0.6) is 0 Å². The Hall–Kier alpha value is -1.87. The number of halogens is 1. The van der Waals surface area contributed by atoms with Crippen LogP contribution < -0.4 is 5.32 Å². The SMILES string of the molecule is Cc1ccc(C(=O)NCc2ccc(Cl)cc2)cn1. The summed E-state index contributed by atoms with van der Waals surface area (Å²) in [6, 6.07) is 11.0. The number of nitrogens with one attached hydrogen (secondary N) is 1. The number of nitrogens with zero attached hydrogens (tertiary/aromatic N) is 1. The zero-order valence-electron chi connectivity index (χ0n) is 9.98. The van der Waals surface area contributed by atoms with E-state index < -0.39 is 0 Å². The Morgan fingerprint density at radius 2 is 1.94 bits per heavy atom. The standard InChI is InChI=1S/C14H13ClN2O/c1-10-2-5-12(9-16-10)14(18)17-8-11-3-6-13(15)7-4-11/h2-7,9H,8H2,1H3,(H,17,18). The minimum Gasteiger partial charge on any atom is -0.348 e. The molecular formula is C14H13ClN2O. The van der Waals surface area contributed by atoms with Crippen LogP contribution in [0.25, 0.3) is 0 Å². The molecule has 0 unspecified atom stereocenters. The number of hydrogen-bond acceptors (Lipinski definition) is 2. The molecule has 0 fully saturated rings. The molecule has 18 heavy (non-hydrogen) atoms. The third kappa shape index (κ3) is 3.31. The number of amides is 1. The third-order valence-corrected chi connectivity index (χ3v) is 2.79. The molecule has 0 aliphatic carbocycles. The number of benzene rings is 1. The first-order valence-electron chi connectivity index (χ1n) is 5.60. The molecule has 4 heteroatoms. The summed E-state index contributed by atoms with van der Waals surface area (Å²) < 4.78 is 0. The Morgan fingerprint density at radius 1 is 1.22 bits per heavy atom. The highest BCUT2D eigenvalue weighted by Gasteiger charge is 2.04. The van der Waals surface area contributed by atoms with E-state index in [1.54, 1.807) is 24.4 Å². The minimum absolute atomic E-state index is 0.127. The van der Waals surface area contributed by atoms with E-state index >= 15 is 0 Å². The highest BCUT2D eigenvalue weighted by Crippen LogP contribution is 2.09. The second-order valence-electron chi connectivity index (χ2n) is 4.00. The van der Waals surface area contributed by atoms with Gasteiger partial charge in [-0.15, -0.1) is 0 Å². The van der Waals surface area contributed by atoms with Gasteiger partial charge in [-0.25, -0.2) is 0 Å². The van der Waals surface area contributed by atoms with Crippen LogP contribution in [0, 0.1) is 6.92 Å². The van der Waals surface area contributed by atoms with Crippen molar-refractivity contribution < 1.29 is 4.79 Å². The monoisotopic (exact) mass is 260 g/mol. The van der Waals surface area contributed by atoms with E-state index in [4.69, 9.17) is 11.6 Å². The van der Waals surface area contributed by atoms with Crippen LogP contribution in [0.1, 0.15) is 21.6 Å². The molecule has 0 aliphatic heterocycles. The molecular weight excluding hydrogens is 248 g/mol. The van der Waals surface area contributed by atoms with Crippen molar-refractivity contribution in [3.05, 3.63) is 64.4 Å². The van der Waals surface area contributed by atoms with E-state index in [9.17, 15) is 4.79 Å². The molecule has 0 atom stereocenters. The summed E-state index contributed by atoms with van der Waals surface area (Å²) in [6.45, 7) is 2.36. The summed E-state index contributed by atoms with van der Waals surface area (Å²) in [7, 11) is 0. The second-order valence-corrected chi connectivity index (χ2v) is 4.43. The molecule has 3 nitrogen and oxygen atoms in total. The lowest BCUT2D eigenvalue weighted by molar-refractivity contribution is 0.0950. The molecule has 0 spiro atoms. The highest BCUT2D eigenvalue weighted by atomic mass is 35.5. The van der Waals surface area contributed by atoms with Gasteiger partial charge >= 0.3 is 0 Å². The van der Waals surface area contributed by atoms with E-state index in [2.05, 4.69) is 10.3 Å². The second kappa shape index (κ2) is 5.65. The summed E-state index contributed by atoms with van der Waals surface area (Å²) in [5.74, 6) is -0.127. The quantitative estimate of drug-likeness (QED) is 0.922. The first-order valence-corrected chi connectivity index (χ1v) is 5.98. The molecule has 0 bridgehead atoms. The Balaban J connectivity index is 1.96. The van der Waals surface area contributed by atoms with Crippen molar-refractivity contribution in [3.63, 3.8) is 0 Å². The summed E-state index contributed by atoms with van der Waals surface area (Å²) >= 11 is 5.79. The lowest BCUT2D eigenvalue weighted by atomic mass is 10.2. The number of aromatic nitrogens is 1. The molecule has 1 heterocycles.